The van der Waals surface area contributed by atoms with Gasteiger partial charge >= 0.3 is 6.09 Å². The highest BCUT2D eigenvalue weighted by molar-refractivity contribution is 5.68. The average Bonchev–Trinajstić information content (AvgIpc) is 2.90. The van der Waals surface area contributed by atoms with Crippen LogP contribution in [0.15, 0.2) is 54.6 Å². The molecule has 3 heteroatoms. The van der Waals surface area contributed by atoms with Crippen molar-refractivity contribution in [3.63, 3.8) is 0 Å². The predicted octanol–water partition coefficient (Wildman–Crippen LogP) is 4.97. The second-order valence-corrected chi connectivity index (χ2v) is 7.88. The lowest BCUT2D eigenvalue weighted by Gasteiger charge is -2.24. The van der Waals surface area contributed by atoms with Crippen LogP contribution in [0.3, 0.4) is 0 Å². The van der Waals surface area contributed by atoms with Crippen molar-refractivity contribution < 1.29 is 9.53 Å². The molecule has 25 heavy (non-hydrogen) atoms. The molecule has 1 saturated heterocycles. The Morgan fingerprint density at radius 2 is 1.76 bits per heavy atom. The third-order valence-electron chi connectivity index (χ3n) is 4.86. The Labute approximate surface area is 150 Å². The van der Waals surface area contributed by atoms with Crippen molar-refractivity contribution in [1.82, 2.24) is 4.90 Å². The molecule has 1 fully saturated rings. The van der Waals surface area contributed by atoms with Crippen molar-refractivity contribution in [2.45, 2.75) is 46.3 Å². The van der Waals surface area contributed by atoms with E-state index in [4.69, 9.17) is 4.74 Å². The van der Waals surface area contributed by atoms with E-state index in [1.54, 1.807) is 0 Å². The number of rotatable bonds is 4. The van der Waals surface area contributed by atoms with Crippen molar-refractivity contribution in [2.24, 2.45) is 5.41 Å². The first-order valence-electron chi connectivity index (χ1n) is 8.96. The highest BCUT2D eigenvalue weighted by Gasteiger charge is 2.40. The van der Waals surface area contributed by atoms with E-state index in [0.717, 1.165) is 24.9 Å². The van der Waals surface area contributed by atoms with E-state index in [2.05, 4.69) is 45.0 Å². The van der Waals surface area contributed by atoms with Gasteiger partial charge in [0.05, 0.1) is 0 Å². The Balaban J connectivity index is 1.66. The maximum absolute atomic E-state index is 12.7. The summed E-state index contributed by atoms with van der Waals surface area (Å²) >= 11 is 0. The Hall–Kier alpha value is -2.29. The Bertz CT molecular complexity index is 707. The molecule has 0 bridgehead atoms. The Kier molecular flexibility index (Phi) is 5.12. The summed E-state index contributed by atoms with van der Waals surface area (Å²) in [6.07, 6.45) is 1.68. The molecule has 132 valence electrons. The topological polar surface area (TPSA) is 29.5 Å². The summed E-state index contributed by atoms with van der Waals surface area (Å²) in [5.74, 6) is 0. The SMILES string of the molecule is Cc1ccc(CC2CC(C)(C)CN2C(=O)OCc2ccccc2)cc1. The van der Waals surface area contributed by atoms with E-state index in [0.29, 0.717) is 6.61 Å². The number of likely N-dealkylation sites (tertiary alicyclic amines) is 1. The molecule has 1 heterocycles. The predicted molar refractivity (Wildman–Crippen MR) is 100 cm³/mol. The largest absolute Gasteiger partial charge is 0.445 e. The molecule has 2 aromatic carbocycles. The lowest BCUT2D eigenvalue weighted by molar-refractivity contribution is 0.0899. The van der Waals surface area contributed by atoms with Crippen molar-refractivity contribution in [3.05, 3.63) is 71.3 Å². The van der Waals surface area contributed by atoms with Gasteiger partial charge in [-0.25, -0.2) is 4.79 Å². The van der Waals surface area contributed by atoms with Crippen LogP contribution in [0, 0.1) is 12.3 Å². The fourth-order valence-electron chi connectivity index (χ4n) is 3.60. The number of ether oxygens (including phenoxy) is 1. The molecule has 1 atom stereocenters. The van der Waals surface area contributed by atoms with Crippen LogP contribution in [0.4, 0.5) is 4.79 Å². The van der Waals surface area contributed by atoms with E-state index in [9.17, 15) is 4.79 Å². The van der Waals surface area contributed by atoms with E-state index in [1.165, 1.54) is 11.1 Å². The molecular weight excluding hydrogens is 310 g/mol. The van der Waals surface area contributed by atoms with E-state index >= 15 is 0 Å². The van der Waals surface area contributed by atoms with Crippen LogP contribution in [-0.4, -0.2) is 23.6 Å². The van der Waals surface area contributed by atoms with E-state index < -0.39 is 0 Å². The first-order valence-corrected chi connectivity index (χ1v) is 8.96. The number of amides is 1. The van der Waals surface area contributed by atoms with Gasteiger partial charge in [0, 0.05) is 12.6 Å². The lowest BCUT2D eigenvalue weighted by Crippen LogP contribution is -2.37. The zero-order valence-corrected chi connectivity index (χ0v) is 15.4. The van der Waals surface area contributed by atoms with Crippen LogP contribution >= 0.6 is 0 Å². The highest BCUT2D eigenvalue weighted by atomic mass is 16.6. The minimum atomic E-state index is -0.202. The van der Waals surface area contributed by atoms with Crippen molar-refractivity contribution in [3.8, 4) is 0 Å². The van der Waals surface area contributed by atoms with Gasteiger partial charge in [-0.05, 0) is 36.3 Å². The first kappa shape index (κ1) is 17.5. The summed E-state index contributed by atoms with van der Waals surface area (Å²) in [6, 6.07) is 18.6. The van der Waals surface area contributed by atoms with Crippen LogP contribution in [0.2, 0.25) is 0 Å². The maximum atomic E-state index is 12.7. The van der Waals surface area contributed by atoms with Crippen LogP contribution in [0.5, 0.6) is 0 Å². The van der Waals surface area contributed by atoms with Gasteiger partial charge in [0.25, 0.3) is 0 Å². The van der Waals surface area contributed by atoms with Gasteiger partial charge in [-0.15, -0.1) is 0 Å². The minimum absolute atomic E-state index is 0.126. The van der Waals surface area contributed by atoms with Crippen molar-refractivity contribution >= 4 is 6.09 Å². The highest BCUT2D eigenvalue weighted by Crippen LogP contribution is 2.36. The third kappa shape index (κ3) is 4.62. The Morgan fingerprint density at radius 3 is 2.44 bits per heavy atom. The lowest BCUT2D eigenvalue weighted by atomic mass is 9.89. The van der Waals surface area contributed by atoms with Gasteiger partial charge < -0.3 is 9.64 Å². The zero-order valence-electron chi connectivity index (χ0n) is 15.4. The van der Waals surface area contributed by atoms with Gasteiger partial charge in [-0.1, -0.05) is 74.0 Å². The summed E-state index contributed by atoms with van der Waals surface area (Å²) in [4.78, 5) is 14.6. The molecule has 1 amide bonds. The van der Waals surface area contributed by atoms with Gasteiger partial charge in [0.2, 0.25) is 0 Å². The van der Waals surface area contributed by atoms with Crippen molar-refractivity contribution in [1.29, 1.82) is 0 Å². The number of aryl methyl sites for hydroxylation is 1. The van der Waals surface area contributed by atoms with Crippen LogP contribution < -0.4 is 0 Å². The van der Waals surface area contributed by atoms with Crippen molar-refractivity contribution in [2.75, 3.05) is 6.54 Å². The number of hydrogen-bond acceptors (Lipinski definition) is 2. The smallest absolute Gasteiger partial charge is 0.410 e. The minimum Gasteiger partial charge on any atom is -0.445 e. The van der Waals surface area contributed by atoms with Gasteiger partial charge in [-0.3, -0.25) is 0 Å². The molecular formula is C22H27NO2. The molecule has 0 saturated carbocycles. The van der Waals surface area contributed by atoms with Crippen LogP contribution in [-0.2, 0) is 17.8 Å². The molecule has 1 aliphatic rings. The molecule has 3 nitrogen and oxygen atoms in total. The number of carbonyl (C=O) groups excluding carboxylic acids is 1. The fraction of sp³-hybridized carbons (Fsp3) is 0.409. The standard InChI is InChI=1S/C22H27NO2/c1-17-9-11-18(12-10-17)13-20-14-22(2,3)16-23(20)21(24)25-15-19-7-5-4-6-8-19/h4-12,20H,13-16H2,1-3H3. The number of nitrogens with zero attached hydrogens (tertiary/aromatic N) is 1. The molecule has 0 aromatic heterocycles. The maximum Gasteiger partial charge on any atom is 0.410 e. The summed E-state index contributed by atoms with van der Waals surface area (Å²) in [5, 5.41) is 0. The molecule has 2 aromatic rings. The molecule has 0 aliphatic carbocycles. The number of hydrogen-bond donors (Lipinski definition) is 0. The van der Waals surface area contributed by atoms with E-state index in [-0.39, 0.29) is 17.6 Å². The first-order chi connectivity index (χ1) is 11.9. The number of benzene rings is 2. The monoisotopic (exact) mass is 337 g/mol. The summed E-state index contributed by atoms with van der Waals surface area (Å²) < 4.78 is 5.58. The third-order valence-corrected chi connectivity index (χ3v) is 4.86. The second-order valence-electron chi connectivity index (χ2n) is 7.88. The normalized spacial score (nSPS) is 19.0. The fourth-order valence-corrected chi connectivity index (χ4v) is 3.60. The zero-order chi connectivity index (χ0) is 17.9. The van der Waals surface area contributed by atoms with Gasteiger partial charge in [-0.2, -0.15) is 0 Å². The van der Waals surface area contributed by atoms with Crippen LogP contribution in [0.1, 0.15) is 37.0 Å². The molecule has 1 aliphatic heterocycles. The van der Waals surface area contributed by atoms with Gasteiger partial charge in [0.1, 0.15) is 6.61 Å². The summed E-state index contributed by atoms with van der Waals surface area (Å²) in [6.45, 7) is 7.61. The average molecular weight is 337 g/mol. The molecule has 0 spiro atoms. The summed E-state index contributed by atoms with van der Waals surface area (Å²) in [5.41, 5.74) is 3.68. The van der Waals surface area contributed by atoms with Crippen LogP contribution in [0.25, 0.3) is 0 Å². The molecule has 0 radical (unpaired) electrons. The second kappa shape index (κ2) is 7.30. The molecule has 0 N–H and O–H groups in total. The quantitative estimate of drug-likeness (QED) is 0.788. The summed E-state index contributed by atoms with van der Waals surface area (Å²) in [7, 11) is 0. The molecule has 1 unspecified atom stereocenters. The molecule has 3 rings (SSSR count). The van der Waals surface area contributed by atoms with E-state index in [1.807, 2.05) is 35.2 Å². The Morgan fingerprint density at radius 1 is 1.08 bits per heavy atom. The van der Waals surface area contributed by atoms with Gasteiger partial charge in [0.15, 0.2) is 0 Å². The number of carbonyl (C=O) groups is 1.